The van der Waals surface area contributed by atoms with Crippen molar-refractivity contribution in [2.45, 2.75) is 84.5 Å². The molecule has 0 fully saturated rings. The van der Waals surface area contributed by atoms with Crippen LogP contribution in [0, 0.1) is 0 Å². The van der Waals surface area contributed by atoms with Crippen LogP contribution in [0.25, 0.3) is 0 Å². The highest BCUT2D eigenvalue weighted by Gasteiger charge is 2.17. The van der Waals surface area contributed by atoms with Gasteiger partial charge in [-0.3, -0.25) is 0 Å². The Morgan fingerprint density at radius 1 is 0.586 bits per heavy atom. The highest BCUT2D eigenvalue weighted by atomic mass is 16.5. The van der Waals surface area contributed by atoms with Crippen LogP contribution >= 0.6 is 0 Å². The van der Waals surface area contributed by atoms with Gasteiger partial charge in [0.1, 0.15) is 11.5 Å². The molecule has 0 aliphatic rings. The van der Waals surface area contributed by atoms with Crippen LogP contribution in [0.3, 0.4) is 0 Å². The summed E-state index contributed by atoms with van der Waals surface area (Å²) in [6.45, 7) is 13.6. The quantitative estimate of drug-likeness (QED) is 0.437. The average molecular weight is 397 g/mol. The lowest BCUT2D eigenvalue weighted by molar-refractivity contribution is 0.406. The van der Waals surface area contributed by atoms with Gasteiger partial charge in [0.05, 0.1) is 14.2 Å². The summed E-state index contributed by atoms with van der Waals surface area (Å²) in [6.07, 6.45) is 5.67. The Bertz CT molecular complexity index is 724. The second-order valence-electron chi connectivity index (χ2n) is 10.1. The predicted octanol–water partition coefficient (Wildman–Crippen LogP) is 7.25. The fraction of sp³-hybridized carbons (Fsp3) is 0.556. The zero-order valence-electron chi connectivity index (χ0n) is 19.8. The first-order chi connectivity index (χ1) is 13.6. The highest BCUT2D eigenvalue weighted by molar-refractivity contribution is 5.40. The van der Waals surface area contributed by atoms with E-state index >= 15 is 0 Å². The Hall–Kier alpha value is -1.96. The van der Waals surface area contributed by atoms with Gasteiger partial charge >= 0.3 is 0 Å². The second kappa shape index (κ2) is 9.69. The molecule has 0 bridgehead atoms. The van der Waals surface area contributed by atoms with Crippen LogP contribution in [0.15, 0.2) is 36.4 Å². The first kappa shape index (κ1) is 23.3. The van der Waals surface area contributed by atoms with Crippen LogP contribution in [-0.4, -0.2) is 14.2 Å². The zero-order valence-corrected chi connectivity index (χ0v) is 19.8. The van der Waals surface area contributed by atoms with Gasteiger partial charge in [0.2, 0.25) is 0 Å². The summed E-state index contributed by atoms with van der Waals surface area (Å²) < 4.78 is 11.2. The number of methoxy groups -OCH3 is 2. The third kappa shape index (κ3) is 6.52. The molecule has 0 atom stereocenters. The lowest BCUT2D eigenvalue weighted by atomic mass is 9.85. The van der Waals surface area contributed by atoms with Gasteiger partial charge in [0.25, 0.3) is 0 Å². The van der Waals surface area contributed by atoms with Crippen LogP contribution < -0.4 is 9.47 Å². The molecular weight excluding hydrogens is 356 g/mol. The molecule has 2 aromatic rings. The molecule has 2 aromatic carbocycles. The van der Waals surface area contributed by atoms with Crippen LogP contribution in [0.4, 0.5) is 0 Å². The summed E-state index contributed by atoms with van der Waals surface area (Å²) >= 11 is 0. The Kier molecular flexibility index (Phi) is 7.80. The van der Waals surface area contributed by atoms with E-state index in [0.717, 1.165) is 24.3 Å². The van der Waals surface area contributed by atoms with Crippen LogP contribution in [-0.2, 0) is 23.7 Å². The van der Waals surface area contributed by atoms with Crippen LogP contribution in [0.2, 0.25) is 0 Å². The van der Waals surface area contributed by atoms with Crippen molar-refractivity contribution in [2.24, 2.45) is 0 Å². The maximum Gasteiger partial charge on any atom is 0.122 e. The molecule has 0 unspecified atom stereocenters. The number of rotatable bonds is 8. The van der Waals surface area contributed by atoms with E-state index < -0.39 is 0 Å². The Labute approximate surface area is 178 Å². The van der Waals surface area contributed by atoms with Crippen molar-refractivity contribution in [2.75, 3.05) is 14.2 Å². The molecule has 2 heteroatoms. The molecule has 0 radical (unpaired) electrons. The largest absolute Gasteiger partial charge is 0.496 e. The number of ether oxygens (including phenoxy) is 2. The number of aryl methyl sites for hydroxylation is 2. The van der Waals surface area contributed by atoms with Crippen molar-refractivity contribution in [3.63, 3.8) is 0 Å². The van der Waals surface area contributed by atoms with E-state index in [1.807, 2.05) is 0 Å². The van der Waals surface area contributed by atoms with E-state index in [4.69, 9.17) is 9.47 Å². The lowest BCUT2D eigenvalue weighted by Crippen LogP contribution is -2.12. The SMILES string of the molecule is COc1ccc(C(C)(C)C)cc1CCCCCc1cc(C(C)(C)C)ccc1OC. The first-order valence-electron chi connectivity index (χ1n) is 10.9. The van der Waals surface area contributed by atoms with Crippen molar-refractivity contribution in [1.29, 1.82) is 0 Å². The molecule has 0 aromatic heterocycles. The van der Waals surface area contributed by atoms with E-state index in [-0.39, 0.29) is 10.8 Å². The molecule has 0 N–H and O–H groups in total. The van der Waals surface area contributed by atoms with Gasteiger partial charge < -0.3 is 9.47 Å². The van der Waals surface area contributed by atoms with E-state index in [9.17, 15) is 0 Å². The van der Waals surface area contributed by atoms with Crippen molar-refractivity contribution >= 4 is 0 Å². The molecular formula is C27H40O2. The average Bonchev–Trinajstić information content (AvgIpc) is 2.66. The minimum Gasteiger partial charge on any atom is -0.496 e. The molecule has 0 saturated heterocycles. The summed E-state index contributed by atoms with van der Waals surface area (Å²) in [5, 5.41) is 0. The van der Waals surface area contributed by atoms with Crippen LogP contribution in [0.1, 0.15) is 83.1 Å². The normalized spacial score (nSPS) is 12.1. The summed E-state index contributed by atoms with van der Waals surface area (Å²) in [4.78, 5) is 0. The third-order valence-corrected chi connectivity index (χ3v) is 5.69. The monoisotopic (exact) mass is 396 g/mol. The Balaban J connectivity index is 1.97. The molecule has 0 aliphatic carbocycles. The molecule has 160 valence electrons. The van der Waals surface area contributed by atoms with E-state index in [1.165, 1.54) is 41.5 Å². The van der Waals surface area contributed by atoms with Gasteiger partial charge in [-0.1, -0.05) is 72.2 Å². The van der Waals surface area contributed by atoms with Gasteiger partial charge in [0, 0.05) is 0 Å². The molecule has 2 rings (SSSR count). The fourth-order valence-corrected chi connectivity index (χ4v) is 3.69. The van der Waals surface area contributed by atoms with E-state index in [2.05, 4.69) is 77.9 Å². The van der Waals surface area contributed by atoms with Gasteiger partial charge in [-0.2, -0.15) is 0 Å². The van der Waals surface area contributed by atoms with Gasteiger partial charge in [-0.05, 0) is 70.9 Å². The maximum atomic E-state index is 5.60. The van der Waals surface area contributed by atoms with Crippen molar-refractivity contribution < 1.29 is 9.47 Å². The summed E-state index contributed by atoms with van der Waals surface area (Å²) in [5.41, 5.74) is 5.72. The Morgan fingerprint density at radius 2 is 0.966 bits per heavy atom. The van der Waals surface area contributed by atoms with Crippen molar-refractivity contribution in [3.8, 4) is 11.5 Å². The minimum atomic E-state index is 0.162. The summed E-state index contributed by atoms with van der Waals surface area (Å²) in [6, 6.07) is 13.3. The maximum absolute atomic E-state index is 5.60. The lowest BCUT2D eigenvalue weighted by Gasteiger charge is -2.21. The third-order valence-electron chi connectivity index (χ3n) is 5.69. The van der Waals surface area contributed by atoms with Crippen LogP contribution in [0.5, 0.6) is 11.5 Å². The predicted molar refractivity (Wildman–Crippen MR) is 125 cm³/mol. The van der Waals surface area contributed by atoms with E-state index in [1.54, 1.807) is 14.2 Å². The number of hydrogen-bond donors (Lipinski definition) is 0. The second-order valence-corrected chi connectivity index (χ2v) is 10.1. The molecule has 0 saturated carbocycles. The molecule has 0 aliphatic heterocycles. The topological polar surface area (TPSA) is 18.5 Å². The minimum absolute atomic E-state index is 0.162. The summed E-state index contributed by atoms with van der Waals surface area (Å²) in [7, 11) is 3.54. The molecule has 29 heavy (non-hydrogen) atoms. The molecule has 0 amide bonds. The van der Waals surface area contributed by atoms with Gasteiger partial charge in [-0.25, -0.2) is 0 Å². The Morgan fingerprint density at radius 3 is 1.28 bits per heavy atom. The van der Waals surface area contributed by atoms with Gasteiger partial charge in [-0.15, -0.1) is 0 Å². The first-order valence-corrected chi connectivity index (χ1v) is 10.9. The number of unbranched alkanes of at least 4 members (excludes halogenated alkanes) is 2. The zero-order chi connectivity index (χ0) is 21.7. The number of hydrogen-bond acceptors (Lipinski definition) is 2. The van der Waals surface area contributed by atoms with Crippen molar-refractivity contribution in [3.05, 3.63) is 58.7 Å². The molecule has 0 heterocycles. The number of benzene rings is 2. The molecule has 2 nitrogen and oxygen atoms in total. The standard InChI is InChI=1S/C27H40O2/c1-26(2,3)22-14-16-24(28-7)20(18-22)12-10-9-11-13-21-19-23(27(4,5)6)15-17-25(21)29-8/h14-19H,9-13H2,1-8H3. The molecule has 0 spiro atoms. The fourth-order valence-electron chi connectivity index (χ4n) is 3.69. The smallest absolute Gasteiger partial charge is 0.122 e. The highest BCUT2D eigenvalue weighted by Crippen LogP contribution is 2.30. The summed E-state index contributed by atoms with van der Waals surface area (Å²) in [5.74, 6) is 2.02. The van der Waals surface area contributed by atoms with Gasteiger partial charge in [0.15, 0.2) is 0 Å². The van der Waals surface area contributed by atoms with Crippen molar-refractivity contribution in [1.82, 2.24) is 0 Å². The van der Waals surface area contributed by atoms with E-state index in [0.29, 0.717) is 0 Å².